The molecule has 0 amide bonds. The second kappa shape index (κ2) is 6.42. The molecule has 0 spiro atoms. The lowest BCUT2D eigenvalue weighted by molar-refractivity contribution is -0.135. The van der Waals surface area contributed by atoms with Crippen LogP contribution in [0.5, 0.6) is 0 Å². The van der Waals surface area contributed by atoms with Gasteiger partial charge in [0.15, 0.2) is 0 Å². The Morgan fingerprint density at radius 3 is 2.57 bits per heavy atom. The van der Waals surface area contributed by atoms with Gasteiger partial charge < -0.3 is 10.4 Å². The predicted octanol–water partition coefficient (Wildman–Crippen LogP) is 1.56. The molecule has 0 aromatic rings. The lowest BCUT2D eigenvalue weighted by Gasteiger charge is -2.05. The summed E-state index contributed by atoms with van der Waals surface area (Å²) in [5, 5.41) is 10.8. The van der Waals surface area contributed by atoms with Crippen LogP contribution < -0.4 is 5.32 Å². The largest absolute Gasteiger partial charge is 0.478 e. The van der Waals surface area contributed by atoms with Crippen molar-refractivity contribution in [2.24, 2.45) is 0 Å². The van der Waals surface area contributed by atoms with Crippen molar-refractivity contribution in [1.29, 1.82) is 0 Å². The molecule has 0 aliphatic carbocycles. The Balaban J connectivity index is 3.27. The second-order valence-electron chi connectivity index (χ2n) is 2.66. The van der Waals surface area contributed by atoms with E-state index >= 15 is 0 Å². The molecule has 0 saturated heterocycles. The van der Waals surface area contributed by atoms with Crippen molar-refractivity contribution < 1.29 is 23.1 Å². The van der Waals surface area contributed by atoms with Gasteiger partial charge in [-0.05, 0) is 13.0 Å². The number of carbonyl (C=O) groups is 1. The van der Waals surface area contributed by atoms with Crippen LogP contribution in [0.15, 0.2) is 12.2 Å². The molecule has 6 heteroatoms. The molecule has 0 aliphatic heterocycles. The highest BCUT2D eigenvalue weighted by molar-refractivity contribution is 5.79. The van der Waals surface area contributed by atoms with Gasteiger partial charge in [0.25, 0.3) is 0 Å². The Morgan fingerprint density at radius 2 is 2.07 bits per heavy atom. The maximum atomic E-state index is 11.6. The first kappa shape index (κ1) is 13.0. The molecule has 0 aromatic heterocycles. The Kier molecular flexibility index (Phi) is 5.94. The third-order valence-electron chi connectivity index (χ3n) is 1.34. The number of aliphatic carboxylic acids is 1. The number of rotatable bonds is 6. The van der Waals surface area contributed by atoms with Crippen molar-refractivity contribution in [1.82, 2.24) is 5.32 Å². The summed E-state index contributed by atoms with van der Waals surface area (Å²) in [5.74, 6) is -1.07. The molecule has 0 unspecified atom stereocenters. The smallest absolute Gasteiger partial charge is 0.389 e. The topological polar surface area (TPSA) is 49.3 Å². The van der Waals surface area contributed by atoms with E-state index in [1.165, 1.54) is 6.08 Å². The maximum absolute atomic E-state index is 11.6. The number of carboxylic acids is 1. The molecule has 0 atom stereocenters. The molecule has 3 nitrogen and oxygen atoms in total. The Bertz CT molecular complexity index is 201. The Labute approximate surface area is 79.6 Å². The quantitative estimate of drug-likeness (QED) is 0.517. The number of halogens is 3. The third-order valence-corrected chi connectivity index (χ3v) is 1.34. The lowest BCUT2D eigenvalue weighted by Crippen LogP contribution is -2.18. The molecular weight excluding hydrogens is 199 g/mol. The first-order valence-corrected chi connectivity index (χ1v) is 4.09. The molecule has 14 heavy (non-hydrogen) atoms. The number of nitrogens with one attached hydrogen (secondary N) is 1. The van der Waals surface area contributed by atoms with Crippen molar-refractivity contribution in [2.75, 3.05) is 13.1 Å². The monoisotopic (exact) mass is 211 g/mol. The van der Waals surface area contributed by atoms with Crippen LogP contribution in [-0.2, 0) is 4.79 Å². The minimum Gasteiger partial charge on any atom is -0.478 e. The van der Waals surface area contributed by atoms with Crippen LogP contribution in [0.3, 0.4) is 0 Å². The standard InChI is InChI=1S/C8H12F3NO2/c9-8(10,11)4-2-6-12-5-1-3-7(13)14/h1,3,12H,2,4-6H2,(H,13,14)/b3-1+. The highest BCUT2D eigenvalue weighted by Crippen LogP contribution is 2.20. The van der Waals surface area contributed by atoms with E-state index in [2.05, 4.69) is 5.32 Å². The molecule has 0 radical (unpaired) electrons. The molecule has 0 rings (SSSR count). The van der Waals surface area contributed by atoms with Crippen LogP contribution >= 0.6 is 0 Å². The van der Waals surface area contributed by atoms with Gasteiger partial charge in [-0.1, -0.05) is 6.08 Å². The van der Waals surface area contributed by atoms with E-state index in [1.54, 1.807) is 0 Å². The van der Waals surface area contributed by atoms with Crippen LogP contribution in [0.1, 0.15) is 12.8 Å². The van der Waals surface area contributed by atoms with Gasteiger partial charge in [-0.2, -0.15) is 13.2 Å². The molecule has 0 heterocycles. The highest BCUT2D eigenvalue weighted by Gasteiger charge is 2.25. The fraction of sp³-hybridized carbons (Fsp3) is 0.625. The van der Waals surface area contributed by atoms with E-state index in [9.17, 15) is 18.0 Å². The van der Waals surface area contributed by atoms with Gasteiger partial charge in [-0.25, -0.2) is 4.79 Å². The van der Waals surface area contributed by atoms with Gasteiger partial charge in [0, 0.05) is 19.0 Å². The molecular formula is C8H12F3NO2. The van der Waals surface area contributed by atoms with Gasteiger partial charge in [0.1, 0.15) is 0 Å². The van der Waals surface area contributed by atoms with Crippen LogP contribution in [0.2, 0.25) is 0 Å². The van der Waals surface area contributed by atoms with Crippen LogP contribution in [0, 0.1) is 0 Å². The summed E-state index contributed by atoms with van der Waals surface area (Å²) in [6, 6.07) is 0. The highest BCUT2D eigenvalue weighted by atomic mass is 19.4. The van der Waals surface area contributed by atoms with E-state index < -0.39 is 18.6 Å². The first-order valence-electron chi connectivity index (χ1n) is 4.09. The summed E-state index contributed by atoms with van der Waals surface area (Å²) < 4.78 is 34.9. The van der Waals surface area contributed by atoms with Crippen molar-refractivity contribution >= 4 is 5.97 Å². The predicted molar refractivity (Wildman–Crippen MR) is 44.9 cm³/mol. The van der Waals surface area contributed by atoms with Crippen LogP contribution in [-0.4, -0.2) is 30.3 Å². The molecule has 0 fully saturated rings. The minimum absolute atomic E-state index is 0.00438. The zero-order valence-electron chi connectivity index (χ0n) is 7.47. The van der Waals surface area contributed by atoms with E-state index in [0.717, 1.165) is 6.08 Å². The van der Waals surface area contributed by atoms with E-state index in [4.69, 9.17) is 5.11 Å². The van der Waals surface area contributed by atoms with Gasteiger partial charge in [-0.15, -0.1) is 0 Å². The van der Waals surface area contributed by atoms with Crippen molar-refractivity contribution in [3.63, 3.8) is 0 Å². The van der Waals surface area contributed by atoms with Crippen molar-refractivity contribution in [2.45, 2.75) is 19.0 Å². The van der Waals surface area contributed by atoms with Crippen molar-refractivity contribution in [3.05, 3.63) is 12.2 Å². The Morgan fingerprint density at radius 1 is 1.43 bits per heavy atom. The zero-order chi connectivity index (χ0) is 11.0. The minimum atomic E-state index is -4.11. The fourth-order valence-corrected chi connectivity index (χ4v) is 0.759. The summed E-state index contributed by atoms with van der Waals surface area (Å²) in [5.41, 5.74) is 0. The first-order chi connectivity index (χ1) is 6.42. The fourth-order valence-electron chi connectivity index (χ4n) is 0.759. The molecule has 0 aliphatic rings. The van der Waals surface area contributed by atoms with Gasteiger partial charge >= 0.3 is 12.1 Å². The van der Waals surface area contributed by atoms with Crippen LogP contribution in [0.4, 0.5) is 13.2 Å². The van der Waals surface area contributed by atoms with Crippen LogP contribution in [0.25, 0.3) is 0 Å². The number of hydrogen-bond donors (Lipinski definition) is 2. The maximum Gasteiger partial charge on any atom is 0.389 e. The lowest BCUT2D eigenvalue weighted by atomic mass is 10.3. The van der Waals surface area contributed by atoms with E-state index in [1.807, 2.05) is 0 Å². The van der Waals surface area contributed by atoms with Gasteiger partial charge in [0.2, 0.25) is 0 Å². The summed E-state index contributed by atoms with van der Waals surface area (Å²) >= 11 is 0. The molecule has 82 valence electrons. The average molecular weight is 211 g/mol. The molecule has 2 N–H and O–H groups in total. The average Bonchev–Trinajstić information content (AvgIpc) is 2.00. The SMILES string of the molecule is O=C(O)/C=C/CNCCCC(F)(F)F. The van der Waals surface area contributed by atoms with Gasteiger partial charge in [0.05, 0.1) is 0 Å². The third kappa shape index (κ3) is 11.0. The van der Waals surface area contributed by atoms with E-state index in [0.29, 0.717) is 0 Å². The van der Waals surface area contributed by atoms with Crippen molar-refractivity contribution in [3.8, 4) is 0 Å². The second-order valence-corrected chi connectivity index (χ2v) is 2.66. The number of alkyl halides is 3. The Hall–Kier alpha value is -1.04. The van der Waals surface area contributed by atoms with Gasteiger partial charge in [-0.3, -0.25) is 0 Å². The summed E-state index contributed by atoms with van der Waals surface area (Å²) in [4.78, 5) is 9.96. The molecule has 0 bridgehead atoms. The van der Waals surface area contributed by atoms with E-state index in [-0.39, 0.29) is 19.5 Å². The molecule has 0 saturated carbocycles. The number of carboxylic acid groups (broad SMARTS) is 1. The molecule has 0 aromatic carbocycles. The normalized spacial score (nSPS) is 12.2. The summed E-state index contributed by atoms with van der Waals surface area (Å²) in [6.45, 7) is 0.494. The zero-order valence-corrected chi connectivity index (χ0v) is 7.47. The summed E-state index contributed by atoms with van der Waals surface area (Å²) in [6.07, 6.45) is -2.64. The summed E-state index contributed by atoms with van der Waals surface area (Å²) in [7, 11) is 0. The number of hydrogen-bond acceptors (Lipinski definition) is 2.